The van der Waals surface area contributed by atoms with Crippen LogP contribution in [0.15, 0.2) is 54.7 Å². The first-order valence-electron chi connectivity index (χ1n) is 14.2. The van der Waals surface area contributed by atoms with Gasteiger partial charge in [0.15, 0.2) is 6.19 Å². The molecule has 2 fully saturated rings. The summed E-state index contributed by atoms with van der Waals surface area (Å²) in [7, 11) is 4.02. The van der Waals surface area contributed by atoms with Crippen LogP contribution in [0.2, 0.25) is 0 Å². The first kappa shape index (κ1) is 26.3. The van der Waals surface area contributed by atoms with Gasteiger partial charge in [-0.15, -0.1) is 5.10 Å². The Labute approximate surface area is 235 Å². The van der Waals surface area contributed by atoms with Gasteiger partial charge in [-0.05, 0) is 67.2 Å². The molecule has 208 valence electrons. The Morgan fingerprint density at radius 2 is 1.95 bits per heavy atom. The van der Waals surface area contributed by atoms with Crippen LogP contribution >= 0.6 is 0 Å². The predicted octanol–water partition coefficient (Wildman–Crippen LogP) is 3.87. The molecule has 9 heteroatoms. The summed E-state index contributed by atoms with van der Waals surface area (Å²) in [6.07, 6.45) is 6.90. The maximum absolute atomic E-state index is 14.0. The van der Waals surface area contributed by atoms with Crippen molar-refractivity contribution in [1.82, 2.24) is 19.9 Å². The van der Waals surface area contributed by atoms with E-state index < -0.39 is 5.41 Å². The number of nitrogens with zero attached hydrogens (tertiary/aromatic N) is 6. The monoisotopic (exact) mass is 539 g/mol. The van der Waals surface area contributed by atoms with Gasteiger partial charge in [-0.3, -0.25) is 9.48 Å². The van der Waals surface area contributed by atoms with Gasteiger partial charge in [-0.1, -0.05) is 42.5 Å². The molecule has 0 spiro atoms. The molecule has 1 aromatic heterocycles. The molecule has 2 N–H and O–H groups in total. The highest BCUT2D eigenvalue weighted by Gasteiger charge is 2.57. The summed E-state index contributed by atoms with van der Waals surface area (Å²) in [5.74, 6) is 0.679. The van der Waals surface area contributed by atoms with Crippen molar-refractivity contribution < 1.29 is 9.90 Å². The Morgan fingerprint density at radius 1 is 1.18 bits per heavy atom. The number of aryl methyl sites for hydroxylation is 1. The Balaban J connectivity index is 1.32. The molecule has 9 nitrogen and oxygen atoms in total. The summed E-state index contributed by atoms with van der Waals surface area (Å²) in [6, 6.07) is 15.7. The summed E-state index contributed by atoms with van der Waals surface area (Å²) in [6.45, 7) is 3.22. The van der Waals surface area contributed by atoms with Gasteiger partial charge in [-0.25, -0.2) is 0 Å². The molecule has 1 amide bonds. The quantitative estimate of drug-likeness (QED) is 0.458. The van der Waals surface area contributed by atoms with E-state index in [1.807, 2.05) is 61.6 Å². The third kappa shape index (κ3) is 4.31. The number of likely N-dealkylation sites (tertiary alicyclic amines) is 1. The molecule has 2 unspecified atom stereocenters. The van der Waals surface area contributed by atoms with Crippen molar-refractivity contribution in [2.75, 3.05) is 30.9 Å². The van der Waals surface area contributed by atoms with Gasteiger partial charge in [0.25, 0.3) is 0 Å². The molecule has 1 aliphatic carbocycles. The third-order valence-electron chi connectivity index (χ3n) is 9.74. The van der Waals surface area contributed by atoms with E-state index in [0.717, 1.165) is 41.0 Å². The van der Waals surface area contributed by atoms with Crippen LogP contribution in [0.3, 0.4) is 0 Å². The van der Waals surface area contributed by atoms with E-state index in [2.05, 4.69) is 45.8 Å². The molecule has 0 bridgehead atoms. The summed E-state index contributed by atoms with van der Waals surface area (Å²) < 4.78 is 1.81. The second kappa shape index (κ2) is 10.3. The fourth-order valence-corrected chi connectivity index (χ4v) is 7.40. The lowest BCUT2D eigenvalue weighted by molar-refractivity contribution is -0.126. The largest absolute Gasteiger partial charge is 0.393 e. The smallest absolute Gasteiger partial charge is 0.237 e. The van der Waals surface area contributed by atoms with E-state index in [0.29, 0.717) is 31.8 Å². The van der Waals surface area contributed by atoms with Gasteiger partial charge in [0.2, 0.25) is 5.91 Å². The van der Waals surface area contributed by atoms with Crippen LogP contribution in [0.4, 0.5) is 11.4 Å². The fraction of sp³-hybridized carbons (Fsp3) is 0.484. The number of aliphatic hydroxyl groups excluding tert-OH is 1. The minimum atomic E-state index is -0.918. The van der Waals surface area contributed by atoms with E-state index in [1.165, 1.54) is 0 Å². The number of hydrogen-bond acceptors (Lipinski definition) is 7. The van der Waals surface area contributed by atoms with Crippen molar-refractivity contribution in [2.24, 2.45) is 17.8 Å². The Morgan fingerprint density at radius 3 is 2.70 bits per heavy atom. The minimum absolute atomic E-state index is 0.0685. The van der Waals surface area contributed by atoms with Crippen LogP contribution < -0.4 is 10.2 Å². The number of amides is 1. The number of hydrogen-bond donors (Lipinski definition) is 2. The number of aromatic nitrogens is 3. The molecule has 3 heterocycles. The standard InChI is InChI=1S/C31H37N7O2/c1-20-24-16-29(37(19-32)17-22(24)10-13-28(20)39)31(25-6-4-5-7-26(25)33-30(31)40)14-15-38-18-27(34-35-38)21-8-11-23(12-9-21)36(2)3/h4-9,11-12,18,20,22,24,28-29,39H,10,13-17H2,1-3H3,(H,33,40)/t20-,22+,24?,28+,29?,31+/m1/s1. The van der Waals surface area contributed by atoms with Crippen molar-refractivity contribution in [3.05, 3.63) is 60.3 Å². The number of aliphatic hydroxyl groups is 1. The summed E-state index contributed by atoms with van der Waals surface area (Å²) in [4.78, 5) is 17.9. The van der Waals surface area contributed by atoms with Crippen LogP contribution in [0.1, 0.15) is 38.2 Å². The predicted molar refractivity (Wildman–Crippen MR) is 153 cm³/mol. The van der Waals surface area contributed by atoms with Gasteiger partial charge >= 0.3 is 0 Å². The van der Waals surface area contributed by atoms with Crippen LogP contribution in [-0.2, 0) is 16.8 Å². The number of rotatable bonds is 6. The summed E-state index contributed by atoms with van der Waals surface area (Å²) in [5, 5.41) is 32.9. The Hall–Kier alpha value is -3.90. The third-order valence-corrected chi connectivity index (χ3v) is 9.74. The molecular formula is C31H37N7O2. The van der Waals surface area contributed by atoms with Crippen molar-refractivity contribution in [3.8, 4) is 17.5 Å². The molecular weight excluding hydrogens is 502 g/mol. The second-order valence-electron chi connectivity index (χ2n) is 12.0. The first-order valence-corrected chi connectivity index (χ1v) is 14.2. The zero-order valence-corrected chi connectivity index (χ0v) is 23.4. The Bertz CT molecular complexity index is 1430. The Kier molecular flexibility index (Phi) is 6.75. The number of nitriles is 1. The zero-order chi connectivity index (χ0) is 28.0. The minimum Gasteiger partial charge on any atom is -0.393 e. The van der Waals surface area contributed by atoms with Gasteiger partial charge in [-0.2, -0.15) is 5.26 Å². The van der Waals surface area contributed by atoms with E-state index >= 15 is 0 Å². The number of nitrogens with one attached hydrogen (secondary N) is 1. The maximum atomic E-state index is 14.0. The molecule has 6 rings (SSSR count). The van der Waals surface area contributed by atoms with E-state index in [-0.39, 0.29) is 29.9 Å². The fourth-order valence-electron chi connectivity index (χ4n) is 7.40. The van der Waals surface area contributed by atoms with E-state index in [9.17, 15) is 15.2 Å². The molecule has 0 radical (unpaired) electrons. The van der Waals surface area contributed by atoms with Crippen LogP contribution in [0.5, 0.6) is 0 Å². The van der Waals surface area contributed by atoms with Gasteiger partial charge in [0.1, 0.15) is 5.69 Å². The molecule has 2 aliphatic heterocycles. The lowest BCUT2D eigenvalue weighted by Gasteiger charge is -2.52. The molecule has 2 aromatic carbocycles. The zero-order valence-electron chi connectivity index (χ0n) is 23.4. The topological polar surface area (TPSA) is 110 Å². The first-order chi connectivity index (χ1) is 19.3. The number of piperidine rings is 1. The highest BCUT2D eigenvalue weighted by Crippen LogP contribution is 2.51. The average molecular weight is 540 g/mol. The van der Waals surface area contributed by atoms with Crippen LogP contribution in [0, 0.1) is 29.2 Å². The SMILES string of the molecule is C[C@@H]1C2CC([C@@]3(CCn4cc(-c5ccc(N(C)C)cc5)nn4)C(=O)Nc4ccccc43)N(C#N)C[C@@H]2CC[C@@H]1O. The molecule has 40 heavy (non-hydrogen) atoms. The maximum Gasteiger partial charge on any atom is 0.237 e. The van der Waals surface area contributed by atoms with E-state index in [4.69, 9.17) is 0 Å². The molecule has 1 saturated carbocycles. The van der Waals surface area contributed by atoms with Crippen molar-refractivity contribution in [2.45, 2.75) is 56.7 Å². The number of benzene rings is 2. The molecule has 1 saturated heterocycles. The second-order valence-corrected chi connectivity index (χ2v) is 12.0. The van der Waals surface area contributed by atoms with Gasteiger partial charge in [0, 0.05) is 44.1 Å². The number of fused-ring (bicyclic) bond motifs is 2. The van der Waals surface area contributed by atoms with Crippen molar-refractivity contribution in [3.63, 3.8) is 0 Å². The van der Waals surface area contributed by atoms with Gasteiger partial charge in [0.05, 0.1) is 23.8 Å². The van der Waals surface area contributed by atoms with Crippen LogP contribution in [0.25, 0.3) is 11.3 Å². The number of para-hydroxylation sites is 1. The highest BCUT2D eigenvalue weighted by atomic mass is 16.3. The lowest BCUT2D eigenvalue weighted by atomic mass is 9.61. The lowest BCUT2D eigenvalue weighted by Crippen LogP contribution is -2.60. The number of carbonyl (C=O) groups is 1. The normalized spacial score (nSPS) is 29.3. The van der Waals surface area contributed by atoms with Crippen LogP contribution in [-0.4, -0.2) is 63.7 Å². The molecule has 3 aliphatic rings. The average Bonchev–Trinajstić information content (AvgIpc) is 3.56. The van der Waals surface area contributed by atoms with Gasteiger partial charge < -0.3 is 20.2 Å². The van der Waals surface area contributed by atoms with E-state index in [1.54, 1.807) is 4.68 Å². The summed E-state index contributed by atoms with van der Waals surface area (Å²) >= 11 is 0. The van der Waals surface area contributed by atoms with Crippen molar-refractivity contribution in [1.29, 1.82) is 5.26 Å². The molecule has 3 aromatic rings. The summed E-state index contributed by atoms with van der Waals surface area (Å²) in [5.41, 5.74) is 3.70. The molecule has 6 atom stereocenters. The highest BCUT2D eigenvalue weighted by molar-refractivity contribution is 6.07. The van der Waals surface area contributed by atoms with Crippen molar-refractivity contribution >= 4 is 17.3 Å². The number of anilines is 2. The number of carbonyl (C=O) groups excluding carboxylic acids is 1.